The molecular formula is C21H18ClN3O3. The highest BCUT2D eigenvalue weighted by molar-refractivity contribution is 6.33. The maximum atomic E-state index is 9.67. The van der Waals surface area contributed by atoms with E-state index >= 15 is 0 Å². The number of nitrogens with zero attached hydrogens (tertiary/aromatic N) is 2. The van der Waals surface area contributed by atoms with E-state index in [1.54, 1.807) is 24.3 Å². The largest absolute Gasteiger partial charge is 0.496 e. The summed E-state index contributed by atoms with van der Waals surface area (Å²) in [5.41, 5.74) is 8.78. The van der Waals surface area contributed by atoms with E-state index in [-0.39, 0.29) is 11.4 Å². The van der Waals surface area contributed by atoms with Crippen molar-refractivity contribution in [2.45, 2.75) is 0 Å². The third kappa shape index (κ3) is 3.40. The molecule has 0 unspecified atom stereocenters. The number of anilines is 1. The fraction of sp³-hybridized carbons (Fsp3) is 0.143. The van der Waals surface area contributed by atoms with Crippen LogP contribution in [0.15, 0.2) is 42.5 Å². The summed E-state index contributed by atoms with van der Waals surface area (Å²) >= 11 is 6.32. The third-order valence-corrected chi connectivity index (χ3v) is 4.63. The fourth-order valence-corrected chi connectivity index (χ4v) is 3.17. The molecule has 2 N–H and O–H groups in total. The molecule has 142 valence electrons. The minimum Gasteiger partial charge on any atom is -0.496 e. The lowest BCUT2D eigenvalue weighted by Crippen LogP contribution is -2.01. The number of nitrogens with two attached hydrogens (primary N) is 1. The number of pyridine rings is 1. The first-order chi connectivity index (χ1) is 13.5. The lowest BCUT2D eigenvalue weighted by atomic mass is 9.97. The van der Waals surface area contributed by atoms with E-state index in [9.17, 15) is 5.26 Å². The van der Waals surface area contributed by atoms with Gasteiger partial charge in [0.15, 0.2) is 11.5 Å². The van der Waals surface area contributed by atoms with Crippen LogP contribution in [0.2, 0.25) is 5.02 Å². The van der Waals surface area contributed by atoms with Crippen molar-refractivity contribution in [2.75, 3.05) is 27.1 Å². The second kappa shape index (κ2) is 8.07. The quantitative estimate of drug-likeness (QED) is 0.681. The van der Waals surface area contributed by atoms with E-state index in [1.807, 2.05) is 18.2 Å². The first-order valence-electron chi connectivity index (χ1n) is 8.29. The highest BCUT2D eigenvalue weighted by Crippen LogP contribution is 2.43. The Morgan fingerprint density at radius 2 is 1.54 bits per heavy atom. The van der Waals surface area contributed by atoms with Gasteiger partial charge in [-0.25, -0.2) is 4.98 Å². The molecule has 3 aromatic rings. The summed E-state index contributed by atoms with van der Waals surface area (Å²) < 4.78 is 16.3. The van der Waals surface area contributed by atoms with Crippen LogP contribution in [0.1, 0.15) is 5.56 Å². The molecule has 1 aromatic heterocycles. The number of rotatable bonds is 5. The summed E-state index contributed by atoms with van der Waals surface area (Å²) in [6.07, 6.45) is 0. The van der Waals surface area contributed by atoms with Gasteiger partial charge in [-0.3, -0.25) is 0 Å². The SMILES string of the molecule is COc1cc(OC)c(-c2cc(-c3ccccc3Cl)nc(N)c2C#N)cc1OC. The predicted octanol–water partition coefficient (Wildman–Crippen LogP) is 4.55. The van der Waals surface area contributed by atoms with E-state index in [1.165, 1.54) is 21.3 Å². The first-order valence-corrected chi connectivity index (χ1v) is 8.67. The summed E-state index contributed by atoms with van der Waals surface area (Å²) in [6.45, 7) is 0. The molecule has 0 saturated carbocycles. The zero-order valence-corrected chi connectivity index (χ0v) is 16.4. The molecule has 0 radical (unpaired) electrons. The number of nitrogen functional groups attached to an aromatic ring is 1. The lowest BCUT2D eigenvalue weighted by Gasteiger charge is -2.16. The van der Waals surface area contributed by atoms with Crippen molar-refractivity contribution in [3.05, 3.63) is 53.1 Å². The van der Waals surface area contributed by atoms with Crippen LogP contribution in [-0.2, 0) is 0 Å². The molecule has 0 bridgehead atoms. The van der Waals surface area contributed by atoms with Crippen molar-refractivity contribution >= 4 is 17.4 Å². The van der Waals surface area contributed by atoms with Crippen molar-refractivity contribution in [1.82, 2.24) is 4.98 Å². The highest BCUT2D eigenvalue weighted by Gasteiger charge is 2.20. The van der Waals surface area contributed by atoms with Gasteiger partial charge in [-0.15, -0.1) is 0 Å². The Hall–Kier alpha value is -3.43. The second-order valence-corrected chi connectivity index (χ2v) is 6.22. The second-order valence-electron chi connectivity index (χ2n) is 5.81. The molecule has 6 nitrogen and oxygen atoms in total. The minimum absolute atomic E-state index is 0.103. The molecular weight excluding hydrogens is 378 g/mol. The van der Waals surface area contributed by atoms with Gasteiger partial charge in [0.05, 0.1) is 27.0 Å². The standard InChI is InChI=1S/C21H18ClN3O3/c1-26-18-10-20(28-3)19(27-2)9-14(18)13-8-17(25-21(24)15(13)11-23)12-6-4-5-7-16(12)22/h4-10H,1-3H3,(H2,24,25). The van der Waals surface area contributed by atoms with Gasteiger partial charge in [0.25, 0.3) is 0 Å². The van der Waals surface area contributed by atoms with Gasteiger partial charge in [0.1, 0.15) is 23.2 Å². The van der Waals surface area contributed by atoms with Crippen LogP contribution < -0.4 is 19.9 Å². The van der Waals surface area contributed by atoms with Gasteiger partial charge < -0.3 is 19.9 Å². The molecule has 0 spiro atoms. The Morgan fingerprint density at radius 1 is 0.893 bits per heavy atom. The summed E-state index contributed by atoms with van der Waals surface area (Å²) in [5.74, 6) is 1.61. The van der Waals surface area contributed by atoms with Gasteiger partial charge in [0.2, 0.25) is 0 Å². The number of aromatic nitrogens is 1. The van der Waals surface area contributed by atoms with Crippen LogP contribution in [0, 0.1) is 11.3 Å². The number of ether oxygens (including phenoxy) is 3. The Morgan fingerprint density at radius 3 is 2.14 bits per heavy atom. The zero-order valence-electron chi connectivity index (χ0n) is 15.6. The van der Waals surface area contributed by atoms with E-state index < -0.39 is 0 Å². The Kier molecular flexibility index (Phi) is 5.57. The van der Waals surface area contributed by atoms with Crippen LogP contribution in [0.4, 0.5) is 5.82 Å². The molecule has 0 aliphatic rings. The molecule has 0 amide bonds. The monoisotopic (exact) mass is 395 g/mol. The molecule has 0 aliphatic carbocycles. The molecule has 0 aliphatic heterocycles. The van der Waals surface area contributed by atoms with E-state index in [2.05, 4.69) is 11.1 Å². The number of hydrogen-bond acceptors (Lipinski definition) is 6. The number of hydrogen-bond donors (Lipinski definition) is 1. The maximum Gasteiger partial charge on any atom is 0.164 e. The Bertz CT molecular complexity index is 1080. The fourth-order valence-electron chi connectivity index (χ4n) is 2.94. The van der Waals surface area contributed by atoms with Crippen LogP contribution >= 0.6 is 11.6 Å². The number of methoxy groups -OCH3 is 3. The van der Waals surface area contributed by atoms with Gasteiger partial charge in [0, 0.05) is 27.8 Å². The van der Waals surface area contributed by atoms with E-state index in [4.69, 9.17) is 31.5 Å². The van der Waals surface area contributed by atoms with Crippen molar-refractivity contribution in [3.8, 4) is 45.7 Å². The van der Waals surface area contributed by atoms with Crippen LogP contribution in [0.25, 0.3) is 22.4 Å². The van der Waals surface area contributed by atoms with Gasteiger partial charge in [-0.2, -0.15) is 5.26 Å². The number of halogens is 1. The lowest BCUT2D eigenvalue weighted by molar-refractivity contribution is 0.349. The van der Waals surface area contributed by atoms with Gasteiger partial charge in [-0.1, -0.05) is 29.8 Å². The normalized spacial score (nSPS) is 10.2. The average molecular weight is 396 g/mol. The molecule has 3 rings (SSSR count). The average Bonchev–Trinajstić information content (AvgIpc) is 2.72. The van der Waals surface area contributed by atoms with Crippen molar-refractivity contribution < 1.29 is 14.2 Å². The molecule has 28 heavy (non-hydrogen) atoms. The highest BCUT2D eigenvalue weighted by atomic mass is 35.5. The Labute approximate surface area is 168 Å². The van der Waals surface area contributed by atoms with Crippen LogP contribution in [0.5, 0.6) is 17.2 Å². The van der Waals surface area contributed by atoms with Crippen LogP contribution in [0.3, 0.4) is 0 Å². The smallest absolute Gasteiger partial charge is 0.164 e. The zero-order chi connectivity index (χ0) is 20.3. The topological polar surface area (TPSA) is 90.4 Å². The first kappa shape index (κ1) is 19.3. The van der Waals surface area contributed by atoms with Crippen molar-refractivity contribution in [2.24, 2.45) is 0 Å². The summed E-state index contributed by atoms with van der Waals surface area (Å²) in [5, 5.41) is 10.2. The van der Waals surface area contributed by atoms with E-state index in [0.29, 0.717) is 44.7 Å². The third-order valence-electron chi connectivity index (χ3n) is 4.30. The van der Waals surface area contributed by atoms with Gasteiger partial charge >= 0.3 is 0 Å². The number of benzene rings is 2. The minimum atomic E-state index is 0.103. The maximum absolute atomic E-state index is 9.67. The number of nitriles is 1. The molecule has 0 fully saturated rings. The molecule has 1 heterocycles. The van der Waals surface area contributed by atoms with Crippen molar-refractivity contribution in [1.29, 1.82) is 5.26 Å². The van der Waals surface area contributed by atoms with Crippen molar-refractivity contribution in [3.63, 3.8) is 0 Å². The summed E-state index contributed by atoms with van der Waals surface area (Å²) in [6, 6.07) is 14.6. The van der Waals surface area contributed by atoms with E-state index in [0.717, 1.165) is 0 Å². The van der Waals surface area contributed by atoms with Crippen LogP contribution in [-0.4, -0.2) is 26.3 Å². The summed E-state index contributed by atoms with van der Waals surface area (Å²) in [7, 11) is 4.61. The summed E-state index contributed by atoms with van der Waals surface area (Å²) in [4.78, 5) is 4.37. The van der Waals surface area contributed by atoms with Gasteiger partial charge in [-0.05, 0) is 18.2 Å². The molecule has 2 aromatic carbocycles. The predicted molar refractivity (Wildman–Crippen MR) is 109 cm³/mol. The molecule has 0 saturated heterocycles. The Balaban J connectivity index is 2.33. The molecule has 0 atom stereocenters. The molecule has 7 heteroatoms.